The second-order valence-corrected chi connectivity index (χ2v) is 8.86. The number of aryl methyl sites for hydroxylation is 1. The number of thiophene rings is 1. The fraction of sp³-hybridized carbons (Fsp3) is 0.522. The SMILES string of the molecule is COCCN(CC(=O)N1CCc2sccc2[C@@H]1COc1cccc(C)c1)C[C@@H](C)O. The molecule has 1 aliphatic rings. The summed E-state index contributed by atoms with van der Waals surface area (Å²) in [5.74, 6) is 0.877. The third kappa shape index (κ3) is 6.04. The number of fused-ring (bicyclic) bond motifs is 1. The van der Waals surface area contributed by atoms with E-state index >= 15 is 0 Å². The van der Waals surface area contributed by atoms with E-state index in [0.717, 1.165) is 17.7 Å². The normalized spacial score (nSPS) is 17.1. The van der Waals surface area contributed by atoms with Gasteiger partial charge in [0.2, 0.25) is 5.91 Å². The molecular formula is C23H32N2O4S. The lowest BCUT2D eigenvalue weighted by molar-refractivity contribution is -0.136. The lowest BCUT2D eigenvalue weighted by atomic mass is 10.0. The van der Waals surface area contributed by atoms with Crippen LogP contribution in [0.4, 0.5) is 0 Å². The Hall–Kier alpha value is -1.93. The molecule has 0 fully saturated rings. The minimum absolute atomic E-state index is 0.0569. The van der Waals surface area contributed by atoms with Gasteiger partial charge in [-0.3, -0.25) is 9.69 Å². The van der Waals surface area contributed by atoms with E-state index in [0.29, 0.717) is 32.8 Å². The molecule has 2 atom stereocenters. The van der Waals surface area contributed by atoms with E-state index in [-0.39, 0.29) is 18.5 Å². The summed E-state index contributed by atoms with van der Waals surface area (Å²) in [7, 11) is 1.64. The van der Waals surface area contributed by atoms with Gasteiger partial charge < -0.3 is 19.5 Å². The van der Waals surface area contributed by atoms with Crippen molar-refractivity contribution in [1.29, 1.82) is 0 Å². The van der Waals surface area contributed by atoms with Crippen molar-refractivity contribution in [3.63, 3.8) is 0 Å². The largest absolute Gasteiger partial charge is 0.491 e. The van der Waals surface area contributed by atoms with E-state index < -0.39 is 6.10 Å². The molecule has 1 N–H and O–H groups in total. The number of aliphatic hydroxyl groups is 1. The molecule has 1 aromatic heterocycles. The number of nitrogens with zero attached hydrogens (tertiary/aromatic N) is 2. The van der Waals surface area contributed by atoms with Crippen molar-refractivity contribution < 1.29 is 19.4 Å². The molecule has 164 valence electrons. The summed E-state index contributed by atoms with van der Waals surface area (Å²) < 4.78 is 11.3. The molecule has 0 radical (unpaired) electrons. The number of benzene rings is 1. The first kappa shape index (κ1) is 22.7. The Bertz CT molecular complexity index is 823. The van der Waals surface area contributed by atoms with E-state index in [1.807, 2.05) is 41.0 Å². The zero-order valence-electron chi connectivity index (χ0n) is 18.0. The Balaban J connectivity index is 1.72. The van der Waals surface area contributed by atoms with Crippen molar-refractivity contribution in [3.05, 3.63) is 51.7 Å². The summed E-state index contributed by atoms with van der Waals surface area (Å²) in [5.41, 5.74) is 2.33. The predicted octanol–water partition coefficient (Wildman–Crippen LogP) is 2.89. The minimum Gasteiger partial charge on any atom is -0.491 e. The van der Waals surface area contributed by atoms with E-state index in [1.54, 1.807) is 25.4 Å². The number of hydrogen-bond acceptors (Lipinski definition) is 6. The zero-order chi connectivity index (χ0) is 21.5. The van der Waals surface area contributed by atoms with Gasteiger partial charge in [-0.1, -0.05) is 12.1 Å². The number of ether oxygens (including phenoxy) is 2. The third-order valence-electron chi connectivity index (χ3n) is 5.31. The smallest absolute Gasteiger partial charge is 0.237 e. The van der Waals surface area contributed by atoms with Crippen LogP contribution in [0.2, 0.25) is 0 Å². The van der Waals surface area contributed by atoms with Crippen LogP contribution in [-0.4, -0.2) is 73.4 Å². The monoisotopic (exact) mass is 432 g/mol. The van der Waals surface area contributed by atoms with Crippen LogP contribution in [0.1, 0.15) is 29.0 Å². The molecule has 0 saturated carbocycles. The molecule has 1 aromatic carbocycles. The number of rotatable bonds is 10. The fourth-order valence-corrected chi connectivity index (χ4v) is 4.79. The van der Waals surface area contributed by atoms with Gasteiger partial charge in [-0.2, -0.15) is 0 Å². The fourth-order valence-electron chi connectivity index (χ4n) is 3.87. The first-order chi connectivity index (χ1) is 14.5. The number of carbonyl (C=O) groups excluding carboxylic acids is 1. The molecule has 0 bridgehead atoms. The molecule has 2 aromatic rings. The summed E-state index contributed by atoms with van der Waals surface area (Å²) in [6.07, 6.45) is 0.369. The van der Waals surface area contributed by atoms with Crippen molar-refractivity contribution >= 4 is 17.2 Å². The molecule has 2 heterocycles. The van der Waals surface area contributed by atoms with Gasteiger partial charge in [0.1, 0.15) is 12.4 Å². The number of carbonyl (C=O) groups is 1. The average Bonchev–Trinajstić information content (AvgIpc) is 3.18. The summed E-state index contributed by atoms with van der Waals surface area (Å²) >= 11 is 1.75. The molecule has 1 amide bonds. The predicted molar refractivity (Wildman–Crippen MR) is 119 cm³/mol. The minimum atomic E-state index is -0.500. The molecular weight excluding hydrogens is 400 g/mol. The van der Waals surface area contributed by atoms with Crippen molar-refractivity contribution in [2.24, 2.45) is 0 Å². The van der Waals surface area contributed by atoms with Crippen LogP contribution in [0.5, 0.6) is 5.75 Å². The van der Waals surface area contributed by atoms with E-state index in [9.17, 15) is 9.90 Å². The van der Waals surface area contributed by atoms with Gasteiger partial charge in [0.05, 0.1) is 25.3 Å². The highest BCUT2D eigenvalue weighted by molar-refractivity contribution is 7.10. The molecule has 3 rings (SSSR count). The highest BCUT2D eigenvalue weighted by Crippen LogP contribution is 2.34. The molecule has 0 aliphatic carbocycles. The van der Waals surface area contributed by atoms with Crippen LogP contribution in [0.3, 0.4) is 0 Å². The van der Waals surface area contributed by atoms with Crippen molar-refractivity contribution in [2.75, 3.05) is 46.5 Å². The van der Waals surface area contributed by atoms with Gasteiger partial charge in [-0.15, -0.1) is 11.3 Å². The molecule has 6 nitrogen and oxygen atoms in total. The van der Waals surface area contributed by atoms with Gasteiger partial charge in [0.25, 0.3) is 0 Å². The van der Waals surface area contributed by atoms with Crippen molar-refractivity contribution in [2.45, 2.75) is 32.4 Å². The Morgan fingerprint density at radius 3 is 2.97 bits per heavy atom. The molecule has 7 heteroatoms. The number of methoxy groups -OCH3 is 1. The zero-order valence-corrected chi connectivity index (χ0v) is 18.9. The van der Waals surface area contributed by atoms with Crippen LogP contribution in [0.25, 0.3) is 0 Å². The van der Waals surface area contributed by atoms with Gasteiger partial charge in [0, 0.05) is 31.6 Å². The van der Waals surface area contributed by atoms with Gasteiger partial charge in [-0.25, -0.2) is 0 Å². The number of hydrogen-bond donors (Lipinski definition) is 1. The quantitative estimate of drug-likeness (QED) is 0.626. The maximum absolute atomic E-state index is 13.3. The molecule has 30 heavy (non-hydrogen) atoms. The molecule has 0 unspecified atom stereocenters. The van der Waals surface area contributed by atoms with Gasteiger partial charge in [-0.05, 0) is 55.0 Å². The van der Waals surface area contributed by atoms with Crippen LogP contribution in [-0.2, 0) is 16.0 Å². The van der Waals surface area contributed by atoms with E-state index in [4.69, 9.17) is 9.47 Å². The highest BCUT2D eigenvalue weighted by Gasteiger charge is 2.33. The standard InChI is InChI=1S/C23H32N2O4S/c1-17-5-4-6-19(13-17)29-16-21-20-8-12-30-22(20)7-9-25(21)23(27)15-24(10-11-28-3)14-18(2)26/h4-6,8,12-13,18,21,26H,7,9-11,14-16H2,1-3H3/t18-,21+/m1/s1. The maximum Gasteiger partial charge on any atom is 0.237 e. The second-order valence-electron chi connectivity index (χ2n) is 7.86. The molecule has 0 spiro atoms. The van der Waals surface area contributed by atoms with Crippen LogP contribution >= 0.6 is 11.3 Å². The average molecular weight is 433 g/mol. The highest BCUT2D eigenvalue weighted by atomic mass is 32.1. The Kier molecular flexibility index (Phi) is 8.27. The lowest BCUT2D eigenvalue weighted by Crippen LogP contribution is -2.48. The van der Waals surface area contributed by atoms with Crippen LogP contribution in [0, 0.1) is 6.92 Å². The lowest BCUT2D eigenvalue weighted by Gasteiger charge is -2.37. The maximum atomic E-state index is 13.3. The Morgan fingerprint density at radius 1 is 1.40 bits per heavy atom. The van der Waals surface area contributed by atoms with E-state index in [2.05, 4.69) is 11.4 Å². The summed E-state index contributed by atoms with van der Waals surface area (Å²) in [5, 5.41) is 11.9. The van der Waals surface area contributed by atoms with Gasteiger partial charge >= 0.3 is 0 Å². The summed E-state index contributed by atoms with van der Waals surface area (Å²) in [4.78, 5) is 18.5. The van der Waals surface area contributed by atoms with Crippen molar-refractivity contribution in [1.82, 2.24) is 9.80 Å². The second kappa shape index (κ2) is 10.9. The summed E-state index contributed by atoms with van der Waals surface area (Å²) in [6.45, 7) is 6.71. The molecule has 1 aliphatic heterocycles. The summed E-state index contributed by atoms with van der Waals surface area (Å²) in [6, 6.07) is 9.99. The topological polar surface area (TPSA) is 62.2 Å². The van der Waals surface area contributed by atoms with E-state index in [1.165, 1.54) is 10.4 Å². The Labute approximate surface area is 183 Å². The Morgan fingerprint density at radius 2 is 2.23 bits per heavy atom. The van der Waals surface area contributed by atoms with Crippen molar-refractivity contribution in [3.8, 4) is 5.75 Å². The number of aliphatic hydroxyl groups excluding tert-OH is 1. The first-order valence-corrected chi connectivity index (χ1v) is 11.3. The third-order valence-corrected chi connectivity index (χ3v) is 6.30. The van der Waals surface area contributed by atoms with Crippen LogP contribution < -0.4 is 4.74 Å². The van der Waals surface area contributed by atoms with Gasteiger partial charge in [0.15, 0.2) is 0 Å². The van der Waals surface area contributed by atoms with Crippen LogP contribution in [0.15, 0.2) is 35.7 Å². The molecule has 0 saturated heterocycles. The first-order valence-electron chi connectivity index (χ1n) is 10.4. The number of amides is 1.